The summed E-state index contributed by atoms with van der Waals surface area (Å²) in [6, 6.07) is 9.47. The maximum absolute atomic E-state index is 12.8. The normalized spacial score (nSPS) is 10.3. The van der Waals surface area contributed by atoms with Crippen LogP contribution in [-0.2, 0) is 22.7 Å². The summed E-state index contributed by atoms with van der Waals surface area (Å²) >= 11 is 0. The topological polar surface area (TPSA) is 62.6 Å². The minimum atomic E-state index is -0.310. The van der Waals surface area contributed by atoms with Crippen LogP contribution in [0, 0.1) is 5.82 Å². The first-order chi connectivity index (χ1) is 11.0. The van der Waals surface area contributed by atoms with Crippen molar-refractivity contribution in [3.05, 3.63) is 59.8 Å². The van der Waals surface area contributed by atoms with Crippen LogP contribution in [0.25, 0.3) is 0 Å². The van der Waals surface area contributed by atoms with Crippen LogP contribution < -0.4 is 5.32 Å². The summed E-state index contributed by atoms with van der Waals surface area (Å²) in [5.41, 5.74) is 0.818. The largest absolute Gasteiger partial charge is 0.467 e. The van der Waals surface area contributed by atoms with Gasteiger partial charge in [0.05, 0.1) is 12.8 Å². The molecule has 0 unspecified atom stereocenters. The average Bonchev–Trinajstić information content (AvgIpc) is 3.03. The monoisotopic (exact) mass is 318 g/mol. The van der Waals surface area contributed by atoms with Gasteiger partial charge in [-0.15, -0.1) is 0 Å². The van der Waals surface area contributed by atoms with Gasteiger partial charge in [0, 0.05) is 26.4 Å². The van der Waals surface area contributed by atoms with E-state index in [1.165, 1.54) is 19.1 Å². The highest BCUT2D eigenvalue weighted by atomic mass is 19.1. The first kappa shape index (κ1) is 16.7. The van der Waals surface area contributed by atoms with Crippen LogP contribution >= 0.6 is 0 Å². The van der Waals surface area contributed by atoms with Crippen LogP contribution in [0.3, 0.4) is 0 Å². The first-order valence-electron chi connectivity index (χ1n) is 7.33. The van der Waals surface area contributed by atoms with Crippen molar-refractivity contribution >= 4 is 11.8 Å². The molecule has 23 heavy (non-hydrogen) atoms. The molecule has 1 aromatic heterocycles. The molecule has 1 heterocycles. The van der Waals surface area contributed by atoms with Crippen molar-refractivity contribution in [1.29, 1.82) is 0 Å². The highest BCUT2D eigenvalue weighted by Crippen LogP contribution is 2.07. The number of hydrogen-bond donors (Lipinski definition) is 1. The molecule has 1 aromatic carbocycles. The zero-order valence-corrected chi connectivity index (χ0v) is 12.9. The predicted molar refractivity (Wildman–Crippen MR) is 82.7 cm³/mol. The number of furan rings is 1. The number of nitrogens with one attached hydrogen (secondary N) is 1. The van der Waals surface area contributed by atoms with E-state index >= 15 is 0 Å². The van der Waals surface area contributed by atoms with Gasteiger partial charge in [-0.05, 0) is 29.8 Å². The number of carbonyl (C=O) groups excluding carboxylic acids is 2. The Bertz CT molecular complexity index is 638. The number of hydrogen-bond acceptors (Lipinski definition) is 3. The quantitative estimate of drug-likeness (QED) is 0.853. The zero-order chi connectivity index (χ0) is 16.7. The maximum atomic E-state index is 12.8. The Labute approximate surface area is 134 Å². The Morgan fingerprint density at radius 1 is 1.22 bits per heavy atom. The minimum absolute atomic E-state index is 0.118. The van der Waals surface area contributed by atoms with Crippen LogP contribution in [0.2, 0.25) is 0 Å². The predicted octanol–water partition coefficient (Wildman–Crippen LogP) is 2.47. The number of nitrogens with zero attached hydrogens (tertiary/aromatic N) is 1. The van der Waals surface area contributed by atoms with Crippen LogP contribution in [0.15, 0.2) is 47.1 Å². The molecule has 5 nitrogen and oxygen atoms in total. The van der Waals surface area contributed by atoms with E-state index in [2.05, 4.69) is 5.32 Å². The number of rotatable bonds is 7. The lowest BCUT2D eigenvalue weighted by Gasteiger charge is -2.19. The molecule has 0 fully saturated rings. The lowest BCUT2D eigenvalue weighted by molar-refractivity contribution is -0.130. The van der Waals surface area contributed by atoms with Crippen LogP contribution in [0.1, 0.15) is 24.7 Å². The molecular weight excluding hydrogens is 299 g/mol. The molecule has 0 bridgehead atoms. The van der Waals surface area contributed by atoms with Gasteiger partial charge in [0.1, 0.15) is 11.6 Å². The smallest absolute Gasteiger partial charge is 0.222 e. The molecule has 0 aliphatic rings. The van der Waals surface area contributed by atoms with Crippen molar-refractivity contribution in [2.24, 2.45) is 0 Å². The number of amides is 2. The fraction of sp³-hybridized carbons (Fsp3) is 0.294. The second kappa shape index (κ2) is 8.12. The summed E-state index contributed by atoms with van der Waals surface area (Å²) in [7, 11) is 0. The summed E-state index contributed by atoms with van der Waals surface area (Å²) in [5.74, 6) is 0.0785. The Kier molecular flexibility index (Phi) is 5.91. The molecule has 0 spiro atoms. The van der Waals surface area contributed by atoms with Crippen molar-refractivity contribution in [3.63, 3.8) is 0 Å². The number of halogens is 1. The van der Waals surface area contributed by atoms with Gasteiger partial charge in [0.25, 0.3) is 0 Å². The Balaban J connectivity index is 1.77. The molecule has 6 heteroatoms. The van der Waals surface area contributed by atoms with Gasteiger partial charge < -0.3 is 14.6 Å². The minimum Gasteiger partial charge on any atom is -0.467 e. The van der Waals surface area contributed by atoms with Gasteiger partial charge in [-0.1, -0.05) is 12.1 Å². The molecule has 0 aliphatic heterocycles. The third-order valence-corrected chi connectivity index (χ3v) is 3.38. The molecule has 0 radical (unpaired) electrons. The Morgan fingerprint density at radius 2 is 1.96 bits per heavy atom. The third-order valence-electron chi connectivity index (χ3n) is 3.38. The van der Waals surface area contributed by atoms with E-state index in [4.69, 9.17) is 4.42 Å². The van der Waals surface area contributed by atoms with E-state index in [1.807, 2.05) is 0 Å². The second-order valence-corrected chi connectivity index (χ2v) is 5.17. The van der Waals surface area contributed by atoms with E-state index in [-0.39, 0.29) is 24.1 Å². The fourth-order valence-corrected chi connectivity index (χ4v) is 2.07. The molecule has 0 atom stereocenters. The van der Waals surface area contributed by atoms with Gasteiger partial charge in [-0.2, -0.15) is 0 Å². The Hall–Kier alpha value is -2.63. The van der Waals surface area contributed by atoms with Gasteiger partial charge in [0.2, 0.25) is 11.8 Å². The van der Waals surface area contributed by atoms with Gasteiger partial charge in [-0.3, -0.25) is 9.59 Å². The fourth-order valence-electron chi connectivity index (χ4n) is 2.07. The van der Waals surface area contributed by atoms with Crippen molar-refractivity contribution in [1.82, 2.24) is 10.2 Å². The second-order valence-electron chi connectivity index (χ2n) is 5.17. The molecule has 0 saturated heterocycles. The summed E-state index contributed by atoms with van der Waals surface area (Å²) in [6.45, 7) is 2.44. The standard InChI is InChI=1S/C17H19FN2O3/c1-13(21)20(12-16-3-2-10-23-16)9-8-17(22)19-11-14-4-6-15(18)7-5-14/h2-7,10H,8-9,11-12H2,1H3,(H,19,22). The van der Waals surface area contributed by atoms with E-state index in [1.54, 1.807) is 35.4 Å². The first-order valence-corrected chi connectivity index (χ1v) is 7.33. The van der Waals surface area contributed by atoms with Crippen molar-refractivity contribution in [2.75, 3.05) is 6.54 Å². The summed E-state index contributed by atoms with van der Waals surface area (Å²) < 4.78 is 18.0. The molecule has 0 saturated carbocycles. The van der Waals surface area contributed by atoms with Gasteiger partial charge in [-0.25, -0.2) is 4.39 Å². The molecule has 2 amide bonds. The lowest BCUT2D eigenvalue weighted by atomic mass is 10.2. The van der Waals surface area contributed by atoms with Crippen molar-refractivity contribution in [2.45, 2.75) is 26.4 Å². The number of benzene rings is 1. The highest BCUT2D eigenvalue weighted by molar-refractivity contribution is 5.78. The average molecular weight is 318 g/mol. The summed E-state index contributed by atoms with van der Waals surface area (Å²) in [5, 5.41) is 2.75. The van der Waals surface area contributed by atoms with E-state index in [0.717, 1.165) is 5.56 Å². The SMILES string of the molecule is CC(=O)N(CCC(=O)NCc1ccc(F)cc1)Cc1ccco1. The van der Waals surface area contributed by atoms with Crippen LogP contribution in [0.4, 0.5) is 4.39 Å². The molecule has 2 rings (SSSR count). The van der Waals surface area contributed by atoms with E-state index in [9.17, 15) is 14.0 Å². The van der Waals surface area contributed by atoms with Crippen molar-refractivity contribution < 1.29 is 18.4 Å². The highest BCUT2D eigenvalue weighted by Gasteiger charge is 2.13. The molecule has 2 aromatic rings. The van der Waals surface area contributed by atoms with Gasteiger partial charge >= 0.3 is 0 Å². The molecule has 0 aliphatic carbocycles. The van der Waals surface area contributed by atoms with Gasteiger partial charge in [0.15, 0.2) is 0 Å². The molecule has 122 valence electrons. The van der Waals surface area contributed by atoms with E-state index in [0.29, 0.717) is 25.4 Å². The molecular formula is C17H19FN2O3. The van der Waals surface area contributed by atoms with E-state index < -0.39 is 0 Å². The zero-order valence-electron chi connectivity index (χ0n) is 12.9. The molecule has 1 N–H and O–H groups in total. The lowest BCUT2D eigenvalue weighted by Crippen LogP contribution is -2.33. The third kappa shape index (κ3) is 5.58. The number of carbonyl (C=O) groups is 2. The Morgan fingerprint density at radius 3 is 2.57 bits per heavy atom. The van der Waals surface area contributed by atoms with Crippen LogP contribution in [-0.4, -0.2) is 23.3 Å². The summed E-state index contributed by atoms with van der Waals surface area (Å²) in [6.07, 6.45) is 1.74. The summed E-state index contributed by atoms with van der Waals surface area (Å²) in [4.78, 5) is 25.0. The van der Waals surface area contributed by atoms with Crippen LogP contribution in [0.5, 0.6) is 0 Å². The van der Waals surface area contributed by atoms with Crippen molar-refractivity contribution in [3.8, 4) is 0 Å². The maximum Gasteiger partial charge on any atom is 0.222 e.